The summed E-state index contributed by atoms with van der Waals surface area (Å²) < 4.78 is 103. The summed E-state index contributed by atoms with van der Waals surface area (Å²) in [5.74, 6) is -2.78. The van der Waals surface area contributed by atoms with Gasteiger partial charge >= 0.3 is 28.6 Å². The van der Waals surface area contributed by atoms with Crippen LogP contribution >= 0.6 is 11.6 Å². The molecule has 4 aliphatic rings. The van der Waals surface area contributed by atoms with E-state index in [1.54, 1.807) is 45.9 Å². The van der Waals surface area contributed by atoms with Crippen LogP contribution in [-0.2, 0) is 47.9 Å². The molecule has 26 heteroatoms. The van der Waals surface area contributed by atoms with Gasteiger partial charge in [-0.1, -0.05) is 51.8 Å². The third-order valence-corrected chi connectivity index (χ3v) is 15.6. The van der Waals surface area contributed by atoms with Crippen LogP contribution < -0.4 is 18.9 Å². The second kappa shape index (κ2) is 24.7. The molecule has 0 spiro atoms. The maximum atomic E-state index is 14.8. The largest absolute Gasteiger partial charge is 0.514 e. The fourth-order valence-corrected chi connectivity index (χ4v) is 10.6. The molecule has 2 aliphatic carbocycles. The first-order valence-electron chi connectivity index (χ1n) is 26.3. The number of hydrogen-bond donors (Lipinski definition) is 1. The van der Waals surface area contributed by atoms with Gasteiger partial charge in [0.2, 0.25) is 23.3 Å². The first kappa shape index (κ1) is 63.3. The van der Waals surface area contributed by atoms with Gasteiger partial charge in [-0.2, -0.15) is 21.6 Å². The van der Waals surface area contributed by atoms with Crippen molar-refractivity contribution >= 4 is 68.2 Å². The normalized spacial score (nSPS) is 21.5. The molecular formula is C54H71ClF3N5O16S. The zero-order chi connectivity index (χ0) is 59.4. The molecule has 0 radical (unpaired) electrons. The molecule has 2 aliphatic heterocycles. The maximum absolute atomic E-state index is 14.8. The van der Waals surface area contributed by atoms with Gasteiger partial charge in [-0.25, -0.2) is 18.7 Å². The molecule has 21 nitrogen and oxygen atoms in total. The standard InChI is InChI=1S/C43H61ClN4O11S.C11H10F3NO5/c1-9-27-24-43(27,39(52)46-60(53,54)59-42(8)13-14-42)25-33(49)32-21-28(26-48(32)38(51)30(40(2,3)4)22-36(50)58-41(5,6)7)57-34-23-35(45-37-29(34)11-10-12-31(37)44)56-20-17-47-15-18-55-19-16-47;1-10(2,11(12,13)14)20-9(16)19-8-5-3-7(4-6-8)15(17)18/h10-12,23,27-28,30,32H,9,13-22,24-26H2,1-8H3,(H,46,52);3-6H,1-2H3/t27-,28-,30-,32+,43-;/m1./s1. The SMILES string of the molecule is CC(C)(OC(=O)Oc1ccc([N+](=O)[O-])cc1)C(F)(F)F.CC[C@@H]1C[C@]1(CC(=O)[C@@H]1C[C@@H](Oc2cc(OCCN3CCOCC3)nc3c(Cl)cccc23)CN1C(=O)[C@@H](CC(=O)OC(C)(C)C)C(C)(C)C)C(=O)NS(=O)(=O)OC1(C)CC1. The lowest BCUT2D eigenvalue weighted by atomic mass is 9.77. The van der Waals surface area contributed by atoms with E-state index in [0.717, 1.165) is 37.4 Å². The Hall–Kier alpha value is -5.89. The fourth-order valence-electron chi connectivity index (χ4n) is 9.26. The number of nitrogens with one attached hydrogen (secondary N) is 1. The number of amides is 2. The lowest BCUT2D eigenvalue weighted by Crippen LogP contribution is -2.49. The minimum atomic E-state index is -4.75. The zero-order valence-corrected chi connectivity index (χ0v) is 48.1. The number of halogens is 4. The van der Waals surface area contributed by atoms with Gasteiger partial charge in [-0.15, -0.1) is 0 Å². The third-order valence-electron chi connectivity index (χ3n) is 14.3. The van der Waals surface area contributed by atoms with Crippen LogP contribution in [0.1, 0.15) is 114 Å². The number of pyridine rings is 1. The average Bonchev–Trinajstić information content (AvgIpc) is 4.21. The third kappa shape index (κ3) is 16.8. The number of hydrogen-bond acceptors (Lipinski definition) is 18. The Morgan fingerprint density at radius 1 is 0.975 bits per heavy atom. The number of non-ortho nitro benzene ring substituents is 1. The highest BCUT2D eigenvalue weighted by atomic mass is 35.5. The number of carbonyl (C=O) groups excluding carboxylic acids is 5. The topological polar surface area (TPSA) is 259 Å². The average molecular weight is 1170 g/mol. The van der Waals surface area contributed by atoms with Crippen molar-refractivity contribution in [2.45, 2.75) is 149 Å². The van der Waals surface area contributed by atoms with Crippen molar-refractivity contribution in [2.24, 2.45) is 22.7 Å². The number of nitrogens with zero attached hydrogens (tertiary/aromatic N) is 4. The Bertz CT molecular complexity index is 2890. The molecule has 2 amide bonds. The Morgan fingerprint density at radius 3 is 2.19 bits per heavy atom. The number of ketones is 1. The minimum Gasteiger partial charge on any atom is -0.488 e. The van der Waals surface area contributed by atoms with Crippen LogP contribution in [0.4, 0.5) is 23.7 Å². The van der Waals surface area contributed by atoms with Crippen LogP contribution in [0.2, 0.25) is 5.02 Å². The molecule has 0 unspecified atom stereocenters. The van der Waals surface area contributed by atoms with Gasteiger partial charge in [0.25, 0.3) is 5.69 Å². The van der Waals surface area contributed by atoms with Crippen LogP contribution in [0.25, 0.3) is 10.9 Å². The molecule has 2 saturated heterocycles. The first-order chi connectivity index (χ1) is 37.0. The second-order valence-electron chi connectivity index (χ2n) is 23.3. The lowest BCUT2D eigenvalue weighted by Gasteiger charge is -2.35. The number of morpholine rings is 1. The van der Waals surface area contributed by atoms with Crippen LogP contribution in [-0.4, -0.2) is 139 Å². The number of rotatable bonds is 20. The number of nitro benzene ring substituents is 1. The van der Waals surface area contributed by atoms with Crippen LogP contribution in [0.3, 0.4) is 0 Å². The van der Waals surface area contributed by atoms with E-state index in [2.05, 4.69) is 24.1 Å². The molecule has 80 heavy (non-hydrogen) atoms. The number of benzene rings is 2. The minimum absolute atomic E-state index is 0.00898. The molecule has 1 N–H and O–H groups in total. The molecule has 5 atom stereocenters. The molecule has 7 rings (SSSR count). The molecular weight excluding hydrogens is 1100 g/mol. The van der Waals surface area contributed by atoms with E-state index in [-0.39, 0.29) is 43.2 Å². The number of aromatic nitrogens is 1. The van der Waals surface area contributed by atoms with Gasteiger partial charge in [0.05, 0.1) is 64.6 Å². The van der Waals surface area contributed by atoms with E-state index < -0.39 is 96.8 Å². The lowest BCUT2D eigenvalue weighted by molar-refractivity contribution is -0.384. The van der Waals surface area contributed by atoms with Crippen molar-refractivity contribution in [1.82, 2.24) is 19.5 Å². The highest BCUT2D eigenvalue weighted by Crippen LogP contribution is 2.58. The molecule has 1 aromatic heterocycles. The van der Waals surface area contributed by atoms with Crippen molar-refractivity contribution in [3.63, 3.8) is 0 Å². The first-order valence-corrected chi connectivity index (χ1v) is 28.1. The van der Waals surface area contributed by atoms with Gasteiger partial charge in [0, 0.05) is 56.1 Å². The predicted octanol–water partition coefficient (Wildman–Crippen LogP) is 9.10. The van der Waals surface area contributed by atoms with Crippen LogP contribution in [0, 0.1) is 32.8 Å². The van der Waals surface area contributed by atoms with E-state index >= 15 is 0 Å². The number of carbonyl (C=O) groups is 5. The van der Waals surface area contributed by atoms with Crippen molar-refractivity contribution in [1.29, 1.82) is 0 Å². The smallest absolute Gasteiger partial charge is 0.488 e. The van der Waals surface area contributed by atoms with E-state index in [1.807, 2.05) is 33.8 Å². The molecule has 2 aromatic carbocycles. The van der Waals surface area contributed by atoms with Gasteiger partial charge in [0.15, 0.2) is 5.78 Å². The number of nitro groups is 1. The number of esters is 1. The van der Waals surface area contributed by atoms with Gasteiger partial charge in [-0.05, 0) is 96.4 Å². The summed E-state index contributed by atoms with van der Waals surface area (Å²) in [7, 11) is -4.43. The predicted molar refractivity (Wildman–Crippen MR) is 284 cm³/mol. The number of likely N-dealkylation sites (tertiary alicyclic amines) is 1. The van der Waals surface area contributed by atoms with Gasteiger partial charge in [-0.3, -0.25) is 34.2 Å². The van der Waals surface area contributed by atoms with Gasteiger partial charge < -0.3 is 33.3 Å². The zero-order valence-electron chi connectivity index (χ0n) is 46.6. The summed E-state index contributed by atoms with van der Waals surface area (Å²) in [5, 5.41) is 11.4. The maximum Gasteiger partial charge on any atom is 0.514 e. The molecule has 2 saturated carbocycles. The second-order valence-corrected chi connectivity index (χ2v) is 25.0. The van der Waals surface area contributed by atoms with Gasteiger partial charge in [0.1, 0.15) is 29.8 Å². The highest BCUT2D eigenvalue weighted by Gasteiger charge is 2.62. The summed E-state index contributed by atoms with van der Waals surface area (Å²) in [5.41, 5.74) is -6.14. The number of fused-ring (bicyclic) bond motifs is 1. The van der Waals surface area contributed by atoms with E-state index in [9.17, 15) is 55.7 Å². The monoisotopic (exact) mass is 1170 g/mol. The number of Topliss-reactive ketones (excluding diaryl/α,β-unsaturated/α-hetero) is 1. The van der Waals surface area contributed by atoms with Crippen molar-refractivity contribution < 1.29 is 83.1 Å². The molecule has 0 bridgehead atoms. The van der Waals surface area contributed by atoms with E-state index in [4.69, 9.17) is 34.7 Å². The summed E-state index contributed by atoms with van der Waals surface area (Å²) in [4.78, 5) is 85.8. The van der Waals surface area contributed by atoms with Crippen LogP contribution in [0.15, 0.2) is 48.5 Å². The molecule has 3 aromatic rings. The summed E-state index contributed by atoms with van der Waals surface area (Å²) in [6.45, 7) is 19.6. The van der Waals surface area contributed by atoms with E-state index in [0.29, 0.717) is 93.5 Å². The number of ether oxygens (including phenoxy) is 6. The Balaban J connectivity index is 0.000000435. The molecule has 4 fully saturated rings. The summed E-state index contributed by atoms with van der Waals surface area (Å²) in [6, 6.07) is 10.2. The number of alkyl halides is 3. The Labute approximate surface area is 468 Å². The number of para-hydroxylation sites is 1. The molecule has 442 valence electrons. The quantitative estimate of drug-likeness (QED) is 0.0478. The fraction of sp³-hybridized carbons (Fsp3) is 0.630. The summed E-state index contributed by atoms with van der Waals surface area (Å²) in [6.07, 6.45) is -5.53. The van der Waals surface area contributed by atoms with Crippen LogP contribution in [0.5, 0.6) is 17.4 Å². The van der Waals surface area contributed by atoms with Crippen molar-refractivity contribution in [2.75, 3.05) is 46.0 Å². The van der Waals surface area contributed by atoms with Crippen molar-refractivity contribution in [3.05, 3.63) is 63.7 Å². The van der Waals surface area contributed by atoms with Crippen molar-refractivity contribution in [3.8, 4) is 17.4 Å². The Morgan fingerprint density at radius 2 is 1.62 bits per heavy atom. The molecule has 3 heterocycles. The van der Waals surface area contributed by atoms with E-state index in [1.165, 1.54) is 4.90 Å². The highest BCUT2D eigenvalue weighted by molar-refractivity contribution is 7.85. The Kier molecular flexibility index (Phi) is 19.5. The summed E-state index contributed by atoms with van der Waals surface area (Å²) >= 11 is 6.64.